The Morgan fingerprint density at radius 1 is 1.53 bits per heavy atom. The molecule has 1 unspecified atom stereocenters. The number of hydrogen-bond donors (Lipinski definition) is 1. The Labute approximate surface area is 91.0 Å². The highest BCUT2D eigenvalue weighted by molar-refractivity contribution is 5.76. The average molecular weight is 212 g/mol. The second kappa shape index (κ2) is 4.94. The number of rotatable bonds is 4. The lowest BCUT2D eigenvalue weighted by atomic mass is 9.99. The zero-order valence-electron chi connectivity index (χ0n) is 9.37. The van der Waals surface area contributed by atoms with Crippen LogP contribution in [0.1, 0.15) is 19.3 Å². The molecule has 0 spiro atoms. The summed E-state index contributed by atoms with van der Waals surface area (Å²) in [6.07, 6.45) is 3.20. The summed E-state index contributed by atoms with van der Waals surface area (Å²) in [6, 6.07) is 0. The van der Waals surface area contributed by atoms with Gasteiger partial charge in [-0.1, -0.05) is 0 Å². The minimum absolute atomic E-state index is 0.261. The third-order valence-corrected chi connectivity index (χ3v) is 3.26. The van der Waals surface area contributed by atoms with Gasteiger partial charge in [0.2, 0.25) is 5.91 Å². The van der Waals surface area contributed by atoms with Crippen LogP contribution in [0.3, 0.4) is 0 Å². The molecule has 0 aromatic carbocycles. The number of nitrogens with one attached hydrogen (secondary N) is 1. The molecule has 1 N–H and O–H groups in total. The Balaban J connectivity index is 1.68. The Morgan fingerprint density at radius 3 is 2.87 bits per heavy atom. The molecule has 2 heterocycles. The maximum absolute atomic E-state index is 11.8. The minimum atomic E-state index is 0.261. The number of hydrogen-bond acceptors (Lipinski definition) is 3. The SMILES string of the molecule is CN(CC1CCCO1)C(=O)CC1CNC1. The van der Waals surface area contributed by atoms with Gasteiger partial charge in [0.15, 0.2) is 0 Å². The van der Waals surface area contributed by atoms with Gasteiger partial charge in [0, 0.05) is 26.6 Å². The Bertz CT molecular complexity index is 223. The third-order valence-electron chi connectivity index (χ3n) is 3.26. The summed E-state index contributed by atoms with van der Waals surface area (Å²) in [6.45, 7) is 3.62. The van der Waals surface area contributed by atoms with E-state index in [0.29, 0.717) is 12.3 Å². The number of likely N-dealkylation sites (N-methyl/N-ethyl adjacent to an activating group) is 1. The molecule has 4 nitrogen and oxygen atoms in total. The minimum Gasteiger partial charge on any atom is -0.376 e. The van der Waals surface area contributed by atoms with Crippen molar-refractivity contribution in [2.45, 2.75) is 25.4 Å². The van der Waals surface area contributed by atoms with Crippen molar-refractivity contribution in [2.24, 2.45) is 5.92 Å². The van der Waals surface area contributed by atoms with E-state index in [1.807, 2.05) is 11.9 Å². The summed E-state index contributed by atoms with van der Waals surface area (Å²) in [5.41, 5.74) is 0. The van der Waals surface area contributed by atoms with Crippen LogP contribution in [0.2, 0.25) is 0 Å². The van der Waals surface area contributed by atoms with Gasteiger partial charge in [-0.05, 0) is 31.8 Å². The normalized spacial score (nSPS) is 26.3. The van der Waals surface area contributed by atoms with Crippen molar-refractivity contribution in [2.75, 3.05) is 33.3 Å². The van der Waals surface area contributed by atoms with Crippen molar-refractivity contribution in [3.63, 3.8) is 0 Å². The highest BCUT2D eigenvalue weighted by Crippen LogP contribution is 2.15. The van der Waals surface area contributed by atoms with Crippen molar-refractivity contribution >= 4 is 5.91 Å². The molecule has 15 heavy (non-hydrogen) atoms. The van der Waals surface area contributed by atoms with E-state index in [1.54, 1.807) is 0 Å². The van der Waals surface area contributed by atoms with Gasteiger partial charge in [-0.25, -0.2) is 0 Å². The molecule has 0 aromatic heterocycles. The van der Waals surface area contributed by atoms with E-state index < -0.39 is 0 Å². The highest BCUT2D eigenvalue weighted by Gasteiger charge is 2.24. The topological polar surface area (TPSA) is 41.6 Å². The lowest BCUT2D eigenvalue weighted by Crippen LogP contribution is -2.45. The molecular weight excluding hydrogens is 192 g/mol. The second-order valence-electron chi connectivity index (χ2n) is 4.64. The van der Waals surface area contributed by atoms with Gasteiger partial charge < -0.3 is 15.0 Å². The zero-order valence-corrected chi connectivity index (χ0v) is 9.37. The number of nitrogens with zero attached hydrogens (tertiary/aromatic N) is 1. The van der Waals surface area contributed by atoms with Gasteiger partial charge in [0.05, 0.1) is 6.10 Å². The molecule has 1 atom stereocenters. The molecule has 4 heteroatoms. The van der Waals surface area contributed by atoms with E-state index in [4.69, 9.17) is 4.74 Å². The first-order valence-electron chi connectivity index (χ1n) is 5.82. The van der Waals surface area contributed by atoms with Crippen LogP contribution >= 0.6 is 0 Å². The summed E-state index contributed by atoms with van der Waals surface area (Å²) in [5.74, 6) is 0.821. The van der Waals surface area contributed by atoms with Gasteiger partial charge in [-0.3, -0.25) is 4.79 Å². The smallest absolute Gasteiger partial charge is 0.222 e. The van der Waals surface area contributed by atoms with Crippen LogP contribution in [0.15, 0.2) is 0 Å². The van der Waals surface area contributed by atoms with E-state index in [9.17, 15) is 4.79 Å². The van der Waals surface area contributed by atoms with Crippen molar-refractivity contribution in [3.05, 3.63) is 0 Å². The van der Waals surface area contributed by atoms with Crippen LogP contribution in [0.25, 0.3) is 0 Å². The first-order chi connectivity index (χ1) is 7.25. The molecule has 2 fully saturated rings. The molecule has 2 aliphatic rings. The molecule has 0 aromatic rings. The van der Waals surface area contributed by atoms with E-state index in [0.717, 1.165) is 39.1 Å². The quantitative estimate of drug-likeness (QED) is 0.725. The van der Waals surface area contributed by atoms with Crippen LogP contribution < -0.4 is 5.32 Å². The highest BCUT2D eigenvalue weighted by atomic mass is 16.5. The lowest BCUT2D eigenvalue weighted by molar-refractivity contribution is -0.132. The first-order valence-corrected chi connectivity index (χ1v) is 5.82. The monoisotopic (exact) mass is 212 g/mol. The van der Waals surface area contributed by atoms with Crippen LogP contribution in [-0.2, 0) is 9.53 Å². The summed E-state index contributed by atoms with van der Waals surface area (Å²) in [4.78, 5) is 13.6. The number of ether oxygens (including phenoxy) is 1. The van der Waals surface area contributed by atoms with Gasteiger partial charge >= 0.3 is 0 Å². The fraction of sp³-hybridized carbons (Fsp3) is 0.909. The molecule has 0 bridgehead atoms. The molecule has 2 aliphatic heterocycles. The van der Waals surface area contributed by atoms with Crippen molar-refractivity contribution in [3.8, 4) is 0 Å². The largest absolute Gasteiger partial charge is 0.376 e. The van der Waals surface area contributed by atoms with Crippen LogP contribution in [-0.4, -0.2) is 50.2 Å². The molecule has 0 saturated carbocycles. The number of amides is 1. The van der Waals surface area contributed by atoms with E-state index in [2.05, 4.69) is 5.32 Å². The van der Waals surface area contributed by atoms with E-state index in [1.165, 1.54) is 0 Å². The number of carbonyl (C=O) groups excluding carboxylic acids is 1. The summed E-state index contributed by atoms with van der Waals surface area (Å²) in [5, 5.41) is 3.18. The van der Waals surface area contributed by atoms with Gasteiger partial charge in [-0.2, -0.15) is 0 Å². The molecule has 2 saturated heterocycles. The Morgan fingerprint density at radius 2 is 2.33 bits per heavy atom. The molecule has 86 valence electrons. The van der Waals surface area contributed by atoms with Crippen molar-refractivity contribution in [1.82, 2.24) is 10.2 Å². The fourth-order valence-corrected chi connectivity index (χ4v) is 2.09. The average Bonchev–Trinajstić information content (AvgIpc) is 2.63. The summed E-state index contributed by atoms with van der Waals surface area (Å²) >= 11 is 0. The maximum Gasteiger partial charge on any atom is 0.222 e. The van der Waals surface area contributed by atoms with Gasteiger partial charge in [-0.15, -0.1) is 0 Å². The van der Waals surface area contributed by atoms with E-state index in [-0.39, 0.29) is 12.0 Å². The Hall–Kier alpha value is -0.610. The molecule has 0 radical (unpaired) electrons. The van der Waals surface area contributed by atoms with Crippen LogP contribution in [0, 0.1) is 5.92 Å². The maximum atomic E-state index is 11.8. The zero-order chi connectivity index (χ0) is 10.7. The van der Waals surface area contributed by atoms with Crippen molar-refractivity contribution in [1.29, 1.82) is 0 Å². The predicted octanol–water partition coefficient (Wildman–Crippen LogP) is 0.233. The fourth-order valence-electron chi connectivity index (χ4n) is 2.09. The molecular formula is C11H20N2O2. The standard InChI is InChI=1S/C11H20N2O2/c1-13(8-10-3-2-4-15-10)11(14)5-9-6-12-7-9/h9-10,12H,2-8H2,1H3. The van der Waals surface area contributed by atoms with Gasteiger partial charge in [0.1, 0.15) is 0 Å². The lowest BCUT2D eigenvalue weighted by Gasteiger charge is -2.29. The first kappa shape index (κ1) is 10.9. The summed E-state index contributed by atoms with van der Waals surface area (Å²) in [7, 11) is 1.89. The van der Waals surface area contributed by atoms with Crippen LogP contribution in [0.4, 0.5) is 0 Å². The summed E-state index contributed by atoms with van der Waals surface area (Å²) < 4.78 is 5.51. The van der Waals surface area contributed by atoms with Crippen LogP contribution in [0.5, 0.6) is 0 Å². The molecule has 0 aliphatic carbocycles. The molecule has 1 amide bonds. The van der Waals surface area contributed by atoms with Crippen molar-refractivity contribution < 1.29 is 9.53 Å². The Kier molecular flexibility index (Phi) is 3.59. The predicted molar refractivity (Wildman–Crippen MR) is 57.6 cm³/mol. The number of carbonyl (C=O) groups is 1. The van der Waals surface area contributed by atoms with Gasteiger partial charge in [0.25, 0.3) is 0 Å². The second-order valence-corrected chi connectivity index (χ2v) is 4.64. The van der Waals surface area contributed by atoms with E-state index >= 15 is 0 Å². The third kappa shape index (κ3) is 2.92. The molecule has 2 rings (SSSR count).